The molecule has 19 heavy (non-hydrogen) atoms. The highest BCUT2D eigenvalue weighted by Gasteiger charge is 2.09. The van der Waals surface area contributed by atoms with Crippen LogP contribution in [0, 0.1) is 0 Å². The van der Waals surface area contributed by atoms with Gasteiger partial charge in [-0.15, -0.1) is 0 Å². The van der Waals surface area contributed by atoms with Gasteiger partial charge < -0.3 is 15.0 Å². The molecule has 0 aromatic carbocycles. The summed E-state index contributed by atoms with van der Waals surface area (Å²) in [5, 5.41) is 2.57. The minimum atomic E-state index is -0.449. The van der Waals surface area contributed by atoms with Crippen molar-refractivity contribution >= 4 is 17.7 Å². The molecule has 6 heteroatoms. The first-order valence-electron chi connectivity index (χ1n) is 5.85. The van der Waals surface area contributed by atoms with Gasteiger partial charge in [-0.05, 0) is 19.9 Å². The van der Waals surface area contributed by atoms with Gasteiger partial charge >= 0.3 is 5.97 Å². The highest BCUT2D eigenvalue weighted by molar-refractivity contribution is 5.99. The first-order chi connectivity index (χ1) is 9.04. The fourth-order valence-corrected chi connectivity index (χ4v) is 1.32. The van der Waals surface area contributed by atoms with Crippen molar-refractivity contribution < 1.29 is 19.1 Å². The van der Waals surface area contributed by atoms with Crippen molar-refractivity contribution in [3.63, 3.8) is 0 Å². The third-order valence-corrected chi connectivity index (χ3v) is 2.26. The van der Waals surface area contributed by atoms with Crippen LogP contribution in [0.25, 0.3) is 0 Å². The van der Waals surface area contributed by atoms with E-state index < -0.39 is 5.97 Å². The van der Waals surface area contributed by atoms with Crippen molar-refractivity contribution in [1.82, 2.24) is 10.3 Å². The van der Waals surface area contributed by atoms with E-state index in [1.807, 2.05) is 0 Å². The van der Waals surface area contributed by atoms with Crippen LogP contribution in [0.15, 0.2) is 24.4 Å². The molecule has 0 saturated carbocycles. The Bertz CT molecular complexity index is 502. The van der Waals surface area contributed by atoms with E-state index in [1.165, 1.54) is 31.3 Å². The minimum Gasteiger partial charge on any atom is -0.463 e. The summed E-state index contributed by atoms with van der Waals surface area (Å²) in [6, 6.07) is 1.48. The molecule has 1 aromatic rings. The zero-order valence-electron chi connectivity index (χ0n) is 10.9. The molecule has 1 rings (SSSR count). The summed E-state index contributed by atoms with van der Waals surface area (Å²) >= 11 is 0. The summed E-state index contributed by atoms with van der Waals surface area (Å²) in [5.41, 5.74) is 0.752. The Morgan fingerprint density at radius 1 is 1.42 bits per heavy atom. The van der Waals surface area contributed by atoms with Crippen molar-refractivity contribution in [2.24, 2.45) is 0 Å². The molecule has 0 bridgehead atoms. The third-order valence-electron chi connectivity index (χ3n) is 2.26. The highest BCUT2D eigenvalue weighted by atomic mass is 16.5. The summed E-state index contributed by atoms with van der Waals surface area (Å²) in [5.74, 6) is -0.908. The number of ether oxygens (including phenoxy) is 1. The molecular formula is C13H16N2O4. The van der Waals surface area contributed by atoms with E-state index in [9.17, 15) is 14.4 Å². The maximum absolute atomic E-state index is 11.6. The van der Waals surface area contributed by atoms with E-state index in [1.54, 1.807) is 6.92 Å². The average Bonchev–Trinajstić information content (AvgIpc) is 2.84. The largest absolute Gasteiger partial charge is 0.463 e. The fraction of sp³-hybridized carbons (Fsp3) is 0.308. The van der Waals surface area contributed by atoms with Gasteiger partial charge in [0, 0.05) is 24.4 Å². The van der Waals surface area contributed by atoms with Gasteiger partial charge in [0.2, 0.25) is 0 Å². The average molecular weight is 264 g/mol. The number of aromatic nitrogens is 1. The van der Waals surface area contributed by atoms with Gasteiger partial charge in [-0.1, -0.05) is 6.08 Å². The minimum absolute atomic E-state index is 0.113. The Morgan fingerprint density at radius 3 is 2.74 bits per heavy atom. The Balaban J connectivity index is 2.43. The van der Waals surface area contributed by atoms with Crippen LogP contribution in [0.1, 0.15) is 34.7 Å². The number of rotatable bonds is 6. The number of ketones is 1. The van der Waals surface area contributed by atoms with E-state index in [2.05, 4.69) is 15.0 Å². The lowest BCUT2D eigenvalue weighted by atomic mass is 10.2. The quantitative estimate of drug-likeness (QED) is 0.457. The summed E-state index contributed by atoms with van der Waals surface area (Å²) in [6.45, 7) is 3.65. The summed E-state index contributed by atoms with van der Waals surface area (Å²) < 4.78 is 4.68. The Labute approximate surface area is 110 Å². The van der Waals surface area contributed by atoms with E-state index in [-0.39, 0.29) is 18.2 Å². The number of carbonyl (C=O) groups excluding carboxylic acids is 3. The van der Waals surface area contributed by atoms with E-state index in [0.717, 1.165) is 0 Å². The number of hydrogen-bond donors (Lipinski definition) is 2. The van der Waals surface area contributed by atoms with Gasteiger partial charge in [-0.2, -0.15) is 0 Å². The second-order valence-corrected chi connectivity index (χ2v) is 3.72. The van der Waals surface area contributed by atoms with Crippen molar-refractivity contribution in [2.45, 2.75) is 13.8 Å². The normalized spacial score (nSPS) is 10.4. The molecular weight excluding hydrogens is 248 g/mol. The molecule has 1 heterocycles. The van der Waals surface area contributed by atoms with Crippen LogP contribution in [0.3, 0.4) is 0 Å². The lowest BCUT2D eigenvalue weighted by Gasteiger charge is -1.99. The molecule has 0 aliphatic heterocycles. The molecule has 0 unspecified atom stereocenters. The molecule has 1 amide bonds. The molecule has 0 aliphatic carbocycles. The molecule has 2 N–H and O–H groups in total. The van der Waals surface area contributed by atoms with Gasteiger partial charge in [-0.25, -0.2) is 4.79 Å². The van der Waals surface area contributed by atoms with Gasteiger partial charge in [-0.3, -0.25) is 9.59 Å². The SMILES string of the molecule is CCOC(=O)C=CCNC(=O)c1cc(C(C)=O)c[nH]1. The monoisotopic (exact) mass is 264 g/mol. The van der Waals surface area contributed by atoms with Gasteiger partial charge in [0.25, 0.3) is 5.91 Å². The van der Waals surface area contributed by atoms with Crippen molar-refractivity contribution in [2.75, 3.05) is 13.2 Å². The number of aromatic amines is 1. The van der Waals surface area contributed by atoms with E-state index >= 15 is 0 Å². The van der Waals surface area contributed by atoms with Crippen molar-refractivity contribution in [3.05, 3.63) is 35.7 Å². The highest BCUT2D eigenvalue weighted by Crippen LogP contribution is 2.03. The first-order valence-corrected chi connectivity index (χ1v) is 5.85. The summed E-state index contributed by atoms with van der Waals surface area (Å²) in [4.78, 5) is 36.4. The maximum atomic E-state index is 11.6. The van der Waals surface area contributed by atoms with Gasteiger partial charge in [0.15, 0.2) is 5.78 Å². The van der Waals surface area contributed by atoms with Crippen LogP contribution in [-0.4, -0.2) is 35.8 Å². The molecule has 0 radical (unpaired) electrons. The van der Waals surface area contributed by atoms with Gasteiger partial charge in [0.1, 0.15) is 5.69 Å². The molecule has 0 spiro atoms. The zero-order chi connectivity index (χ0) is 14.3. The number of nitrogens with one attached hydrogen (secondary N) is 2. The number of amides is 1. The predicted molar refractivity (Wildman–Crippen MR) is 68.9 cm³/mol. The lowest BCUT2D eigenvalue weighted by molar-refractivity contribution is -0.137. The second kappa shape index (κ2) is 7.15. The Morgan fingerprint density at radius 2 is 2.16 bits per heavy atom. The number of esters is 1. The van der Waals surface area contributed by atoms with Crippen LogP contribution in [0.4, 0.5) is 0 Å². The summed E-state index contributed by atoms with van der Waals surface area (Å²) in [6.07, 6.45) is 4.22. The standard InChI is InChI=1S/C13H16N2O4/c1-3-19-12(17)5-4-6-14-13(18)11-7-10(8-15-11)9(2)16/h4-5,7-8,15H,3,6H2,1-2H3,(H,14,18). The van der Waals surface area contributed by atoms with Crippen LogP contribution in [0.2, 0.25) is 0 Å². The molecule has 102 valence electrons. The topological polar surface area (TPSA) is 88.3 Å². The predicted octanol–water partition coefficient (Wildman–Crippen LogP) is 1.07. The van der Waals surface area contributed by atoms with Gasteiger partial charge in [0.05, 0.1) is 6.61 Å². The number of hydrogen-bond acceptors (Lipinski definition) is 4. The smallest absolute Gasteiger partial charge is 0.330 e. The lowest BCUT2D eigenvalue weighted by Crippen LogP contribution is -2.23. The van der Waals surface area contributed by atoms with E-state index in [0.29, 0.717) is 17.9 Å². The fourth-order valence-electron chi connectivity index (χ4n) is 1.32. The molecule has 6 nitrogen and oxygen atoms in total. The van der Waals surface area contributed by atoms with Crippen LogP contribution < -0.4 is 5.32 Å². The first kappa shape index (κ1) is 14.7. The Hall–Kier alpha value is -2.37. The van der Waals surface area contributed by atoms with Crippen molar-refractivity contribution in [1.29, 1.82) is 0 Å². The van der Waals surface area contributed by atoms with Crippen LogP contribution in [-0.2, 0) is 9.53 Å². The van der Waals surface area contributed by atoms with Crippen LogP contribution in [0.5, 0.6) is 0 Å². The van der Waals surface area contributed by atoms with Crippen molar-refractivity contribution in [3.8, 4) is 0 Å². The third kappa shape index (κ3) is 4.79. The zero-order valence-corrected chi connectivity index (χ0v) is 10.9. The Kier molecular flexibility index (Phi) is 5.53. The molecule has 0 fully saturated rings. The second-order valence-electron chi connectivity index (χ2n) is 3.72. The molecule has 0 atom stereocenters. The number of H-pyrrole nitrogens is 1. The molecule has 0 aliphatic rings. The number of Topliss-reactive ketones (excluding diaryl/α,β-unsaturated/α-hetero) is 1. The summed E-state index contributed by atoms with van der Waals surface area (Å²) in [7, 11) is 0. The number of carbonyl (C=O) groups is 3. The molecule has 1 aromatic heterocycles. The molecule has 0 saturated heterocycles. The van der Waals surface area contributed by atoms with E-state index in [4.69, 9.17) is 0 Å². The van der Waals surface area contributed by atoms with Crippen LogP contribution >= 0.6 is 0 Å². The maximum Gasteiger partial charge on any atom is 0.330 e.